The van der Waals surface area contributed by atoms with Crippen molar-refractivity contribution in [1.82, 2.24) is 20.1 Å². The van der Waals surface area contributed by atoms with Crippen molar-refractivity contribution in [3.63, 3.8) is 0 Å². The van der Waals surface area contributed by atoms with Crippen LogP contribution in [-0.2, 0) is 13.0 Å². The highest BCUT2D eigenvalue weighted by molar-refractivity contribution is 7.09. The molecule has 0 aromatic carbocycles. The maximum atomic E-state index is 10.2. The molecule has 1 aliphatic rings. The third-order valence-corrected chi connectivity index (χ3v) is 4.34. The van der Waals surface area contributed by atoms with Gasteiger partial charge in [0.25, 0.3) is 0 Å². The summed E-state index contributed by atoms with van der Waals surface area (Å²) in [5.74, 6) is 0.274. The lowest BCUT2D eigenvalue weighted by atomic mass is 10.0. The van der Waals surface area contributed by atoms with Crippen molar-refractivity contribution in [2.75, 3.05) is 13.1 Å². The van der Waals surface area contributed by atoms with Gasteiger partial charge in [0.2, 0.25) is 0 Å². The molecule has 19 heavy (non-hydrogen) atoms. The quantitative estimate of drug-likeness (QED) is 0.882. The number of nitrogens with zero attached hydrogens (tertiary/aromatic N) is 3. The first-order valence-corrected chi connectivity index (χ1v) is 7.37. The molecule has 1 saturated heterocycles. The number of aromatic nitrogens is 3. The predicted octanol–water partition coefficient (Wildman–Crippen LogP) is 1.21. The van der Waals surface area contributed by atoms with Gasteiger partial charge in [-0.2, -0.15) is 5.10 Å². The molecule has 0 spiro atoms. The number of aliphatic hydroxyl groups is 1. The summed E-state index contributed by atoms with van der Waals surface area (Å²) in [6, 6.07) is 2.05. The smallest absolute Gasteiger partial charge is 0.0794 e. The Labute approximate surface area is 116 Å². The van der Waals surface area contributed by atoms with Crippen LogP contribution in [0.2, 0.25) is 0 Å². The van der Waals surface area contributed by atoms with Crippen LogP contribution in [0.3, 0.4) is 0 Å². The summed E-state index contributed by atoms with van der Waals surface area (Å²) in [4.78, 5) is 7.64. The molecule has 0 amide bonds. The standard InChI is InChI=1S/C13H18N4OS/c1-9-2-11(16-15-9)3-10-5-17(7-13(10)18)6-12-4-14-8-19-12/h2,4,8,10,13,18H,3,5-7H2,1H3,(H,15,16)/t10-,13+/m1/s1. The molecule has 2 N–H and O–H groups in total. The molecule has 5 nitrogen and oxygen atoms in total. The number of rotatable bonds is 4. The number of aromatic amines is 1. The number of H-pyrrole nitrogens is 1. The van der Waals surface area contributed by atoms with Crippen LogP contribution in [0.15, 0.2) is 17.8 Å². The van der Waals surface area contributed by atoms with Crippen LogP contribution in [0.5, 0.6) is 0 Å². The van der Waals surface area contributed by atoms with Gasteiger partial charge >= 0.3 is 0 Å². The lowest BCUT2D eigenvalue weighted by Crippen LogP contribution is -2.20. The van der Waals surface area contributed by atoms with Crippen LogP contribution in [-0.4, -0.2) is 44.4 Å². The Morgan fingerprint density at radius 2 is 2.42 bits per heavy atom. The molecular weight excluding hydrogens is 260 g/mol. The SMILES string of the molecule is Cc1cc(C[C@@H]2CN(Cc3cncs3)C[C@@H]2O)n[nH]1. The molecule has 1 aliphatic heterocycles. The molecule has 2 atom stereocenters. The molecule has 0 saturated carbocycles. The summed E-state index contributed by atoms with van der Waals surface area (Å²) in [5, 5.41) is 17.4. The minimum atomic E-state index is -0.259. The van der Waals surface area contributed by atoms with E-state index < -0.39 is 0 Å². The van der Waals surface area contributed by atoms with E-state index in [4.69, 9.17) is 0 Å². The highest BCUT2D eigenvalue weighted by atomic mass is 32.1. The van der Waals surface area contributed by atoms with Crippen LogP contribution in [0.25, 0.3) is 0 Å². The fourth-order valence-corrected chi connectivity index (χ4v) is 3.30. The summed E-state index contributed by atoms with van der Waals surface area (Å²) >= 11 is 1.67. The van der Waals surface area contributed by atoms with E-state index in [-0.39, 0.29) is 12.0 Å². The normalized spacial score (nSPS) is 24.1. The summed E-state index contributed by atoms with van der Waals surface area (Å²) in [7, 11) is 0. The number of hydrogen-bond acceptors (Lipinski definition) is 5. The second-order valence-corrected chi connectivity index (χ2v) is 6.21. The zero-order valence-electron chi connectivity index (χ0n) is 10.9. The maximum Gasteiger partial charge on any atom is 0.0794 e. The fraction of sp³-hybridized carbons (Fsp3) is 0.538. The predicted molar refractivity (Wildman–Crippen MR) is 73.9 cm³/mol. The fourth-order valence-electron chi connectivity index (χ4n) is 2.66. The van der Waals surface area contributed by atoms with Gasteiger partial charge < -0.3 is 5.11 Å². The Morgan fingerprint density at radius 3 is 3.11 bits per heavy atom. The Kier molecular flexibility index (Phi) is 3.63. The highest BCUT2D eigenvalue weighted by Crippen LogP contribution is 2.23. The minimum absolute atomic E-state index is 0.259. The Balaban J connectivity index is 1.59. The lowest BCUT2D eigenvalue weighted by Gasteiger charge is -2.13. The van der Waals surface area contributed by atoms with Crippen LogP contribution in [0.4, 0.5) is 0 Å². The molecule has 102 valence electrons. The maximum absolute atomic E-state index is 10.2. The molecule has 0 radical (unpaired) electrons. The number of likely N-dealkylation sites (tertiary alicyclic amines) is 1. The summed E-state index contributed by atoms with van der Waals surface area (Å²) < 4.78 is 0. The van der Waals surface area contributed by atoms with Crippen LogP contribution in [0, 0.1) is 12.8 Å². The van der Waals surface area contributed by atoms with E-state index in [0.717, 1.165) is 37.4 Å². The summed E-state index contributed by atoms with van der Waals surface area (Å²) in [5.41, 5.74) is 3.97. The summed E-state index contributed by atoms with van der Waals surface area (Å²) in [6.45, 7) is 4.55. The van der Waals surface area contributed by atoms with Crippen molar-refractivity contribution in [2.45, 2.75) is 26.0 Å². The molecule has 3 heterocycles. The van der Waals surface area contributed by atoms with E-state index >= 15 is 0 Å². The first-order valence-electron chi connectivity index (χ1n) is 6.49. The largest absolute Gasteiger partial charge is 0.391 e. The molecule has 6 heteroatoms. The van der Waals surface area contributed by atoms with E-state index in [0.29, 0.717) is 0 Å². The van der Waals surface area contributed by atoms with Crippen molar-refractivity contribution in [1.29, 1.82) is 0 Å². The Bertz CT molecular complexity index is 524. The number of nitrogens with one attached hydrogen (secondary N) is 1. The lowest BCUT2D eigenvalue weighted by molar-refractivity contribution is 0.140. The van der Waals surface area contributed by atoms with Gasteiger partial charge in [0, 0.05) is 42.3 Å². The average molecular weight is 278 g/mol. The molecule has 2 aromatic heterocycles. The van der Waals surface area contributed by atoms with Gasteiger partial charge in [0.1, 0.15) is 0 Å². The number of hydrogen-bond donors (Lipinski definition) is 2. The van der Waals surface area contributed by atoms with E-state index in [1.807, 2.05) is 18.6 Å². The van der Waals surface area contributed by atoms with Crippen molar-refractivity contribution < 1.29 is 5.11 Å². The number of aryl methyl sites for hydroxylation is 1. The number of aliphatic hydroxyl groups excluding tert-OH is 1. The molecule has 0 aliphatic carbocycles. The van der Waals surface area contributed by atoms with Crippen molar-refractivity contribution >= 4 is 11.3 Å². The summed E-state index contributed by atoms with van der Waals surface area (Å²) in [6.07, 6.45) is 2.48. The first kappa shape index (κ1) is 12.8. The molecule has 0 bridgehead atoms. The Morgan fingerprint density at radius 1 is 1.53 bits per heavy atom. The van der Waals surface area contributed by atoms with Gasteiger partial charge in [-0.1, -0.05) is 0 Å². The van der Waals surface area contributed by atoms with Crippen molar-refractivity contribution in [2.24, 2.45) is 5.92 Å². The average Bonchev–Trinajstić information content (AvgIpc) is 3.06. The van der Waals surface area contributed by atoms with Crippen molar-refractivity contribution in [3.05, 3.63) is 34.0 Å². The minimum Gasteiger partial charge on any atom is -0.391 e. The van der Waals surface area contributed by atoms with Gasteiger partial charge in [-0.25, -0.2) is 0 Å². The zero-order chi connectivity index (χ0) is 13.2. The van der Waals surface area contributed by atoms with Crippen LogP contribution < -0.4 is 0 Å². The molecule has 1 fully saturated rings. The van der Waals surface area contributed by atoms with Gasteiger partial charge in [-0.3, -0.25) is 15.0 Å². The molecule has 2 aromatic rings. The van der Waals surface area contributed by atoms with Gasteiger partial charge in [0.05, 0.1) is 17.3 Å². The third-order valence-electron chi connectivity index (χ3n) is 3.58. The number of thiazole rings is 1. The van der Waals surface area contributed by atoms with Gasteiger partial charge in [-0.15, -0.1) is 11.3 Å². The van der Waals surface area contributed by atoms with Crippen LogP contribution in [0.1, 0.15) is 16.3 Å². The van der Waals surface area contributed by atoms with E-state index in [2.05, 4.69) is 26.1 Å². The molecule has 0 unspecified atom stereocenters. The van der Waals surface area contributed by atoms with Crippen LogP contribution >= 0.6 is 11.3 Å². The second kappa shape index (κ2) is 5.40. The van der Waals surface area contributed by atoms with Gasteiger partial charge in [-0.05, 0) is 19.4 Å². The monoisotopic (exact) mass is 278 g/mol. The van der Waals surface area contributed by atoms with E-state index in [1.54, 1.807) is 11.3 Å². The third kappa shape index (κ3) is 3.02. The topological polar surface area (TPSA) is 65.0 Å². The molecular formula is C13H18N4OS. The van der Waals surface area contributed by atoms with Crippen molar-refractivity contribution in [3.8, 4) is 0 Å². The highest BCUT2D eigenvalue weighted by Gasteiger charge is 2.31. The van der Waals surface area contributed by atoms with E-state index in [1.165, 1.54) is 4.88 Å². The first-order chi connectivity index (χ1) is 9.20. The second-order valence-electron chi connectivity index (χ2n) is 5.24. The van der Waals surface area contributed by atoms with E-state index in [9.17, 15) is 5.11 Å². The zero-order valence-corrected chi connectivity index (χ0v) is 11.7. The number of β-amino-alcohol motifs (C(OH)–C–C–N with tert-alkyl or cyclic N) is 1. The molecule has 3 rings (SSSR count). The van der Waals surface area contributed by atoms with Gasteiger partial charge in [0.15, 0.2) is 0 Å². The Hall–Kier alpha value is -1.24.